The monoisotopic (exact) mass is 326 g/mol. The summed E-state index contributed by atoms with van der Waals surface area (Å²) < 4.78 is 52.7. The summed E-state index contributed by atoms with van der Waals surface area (Å²) in [5.74, 6) is -3.32. The molecule has 7 heteroatoms. The number of carboxylic acid groups (broad SMARTS) is 1. The van der Waals surface area contributed by atoms with E-state index >= 15 is 0 Å². The topological polar surface area (TPSA) is 54.4 Å². The standard InChI is InChI=1S/C16H10F4O3/c17-15(14(22)23,16(18,19)20)12-8-4-7-11(9-12)13(21)10-5-2-1-3-6-10/h1-9H,(H,22,23). The van der Waals surface area contributed by atoms with Gasteiger partial charge in [0.25, 0.3) is 0 Å². The third-order valence-corrected chi connectivity index (χ3v) is 3.24. The molecule has 0 bridgehead atoms. The largest absolute Gasteiger partial charge is 0.478 e. The maximum absolute atomic E-state index is 14.2. The zero-order chi connectivity index (χ0) is 17.3. The van der Waals surface area contributed by atoms with Crippen LogP contribution in [0.5, 0.6) is 0 Å². The Bertz CT molecular complexity index is 740. The summed E-state index contributed by atoms with van der Waals surface area (Å²) in [6, 6.07) is 11.1. The minimum Gasteiger partial charge on any atom is -0.478 e. The molecule has 3 nitrogen and oxygen atoms in total. The third kappa shape index (κ3) is 2.94. The van der Waals surface area contributed by atoms with Crippen LogP contribution in [0.15, 0.2) is 54.6 Å². The van der Waals surface area contributed by atoms with E-state index in [9.17, 15) is 27.2 Å². The smallest absolute Gasteiger partial charge is 0.437 e. The molecule has 0 heterocycles. The molecule has 0 saturated carbocycles. The van der Waals surface area contributed by atoms with Crippen LogP contribution >= 0.6 is 0 Å². The summed E-state index contributed by atoms with van der Waals surface area (Å²) in [7, 11) is 0. The summed E-state index contributed by atoms with van der Waals surface area (Å²) in [5.41, 5.74) is -5.78. The molecule has 0 amide bonds. The van der Waals surface area contributed by atoms with Crippen LogP contribution in [-0.4, -0.2) is 23.0 Å². The average molecular weight is 326 g/mol. The molecule has 23 heavy (non-hydrogen) atoms. The minimum absolute atomic E-state index is 0.191. The highest BCUT2D eigenvalue weighted by Gasteiger charge is 2.63. The molecule has 0 saturated heterocycles. The molecule has 0 aliphatic heterocycles. The van der Waals surface area contributed by atoms with Crippen molar-refractivity contribution in [3.05, 3.63) is 71.3 Å². The van der Waals surface area contributed by atoms with Crippen molar-refractivity contribution in [1.29, 1.82) is 0 Å². The van der Waals surface area contributed by atoms with Gasteiger partial charge < -0.3 is 5.11 Å². The third-order valence-electron chi connectivity index (χ3n) is 3.24. The fourth-order valence-corrected chi connectivity index (χ4v) is 2.04. The molecule has 0 aromatic heterocycles. The van der Waals surface area contributed by atoms with Crippen LogP contribution in [0.3, 0.4) is 0 Å². The van der Waals surface area contributed by atoms with E-state index in [0.717, 1.165) is 6.07 Å². The number of ketones is 1. The predicted molar refractivity (Wildman–Crippen MR) is 72.8 cm³/mol. The molecule has 1 atom stereocenters. The molecular weight excluding hydrogens is 316 g/mol. The predicted octanol–water partition coefficient (Wildman–Crippen LogP) is 3.73. The lowest BCUT2D eigenvalue weighted by molar-refractivity contribution is -0.240. The number of carbonyl (C=O) groups is 2. The normalized spacial score (nSPS) is 14.1. The molecule has 1 unspecified atom stereocenters. The summed E-state index contributed by atoms with van der Waals surface area (Å²) in [6.45, 7) is 0. The summed E-state index contributed by atoms with van der Waals surface area (Å²) in [6.07, 6.45) is -5.66. The highest BCUT2D eigenvalue weighted by Crippen LogP contribution is 2.43. The molecule has 0 spiro atoms. The summed E-state index contributed by atoms with van der Waals surface area (Å²) >= 11 is 0. The van der Waals surface area contributed by atoms with Crippen molar-refractivity contribution < 1.29 is 32.3 Å². The second kappa shape index (κ2) is 5.83. The molecular formula is C16H10F4O3. The van der Waals surface area contributed by atoms with Gasteiger partial charge in [0.15, 0.2) is 5.78 Å². The minimum atomic E-state index is -5.66. The van der Waals surface area contributed by atoms with E-state index in [1.54, 1.807) is 18.2 Å². The molecule has 2 rings (SSSR count). The SMILES string of the molecule is O=C(c1ccccc1)c1cccc(C(F)(C(=O)O)C(F)(F)F)c1. The zero-order valence-corrected chi connectivity index (χ0v) is 11.5. The first-order valence-electron chi connectivity index (χ1n) is 6.37. The fourth-order valence-electron chi connectivity index (χ4n) is 2.04. The number of hydrogen-bond donors (Lipinski definition) is 1. The van der Waals surface area contributed by atoms with Crippen LogP contribution in [-0.2, 0) is 10.5 Å². The van der Waals surface area contributed by atoms with Crippen LogP contribution < -0.4 is 0 Å². The number of halogens is 4. The number of rotatable bonds is 4. The van der Waals surface area contributed by atoms with Crippen LogP contribution in [0.1, 0.15) is 21.5 Å². The molecule has 0 radical (unpaired) electrons. The maximum Gasteiger partial charge on any atom is 0.437 e. The van der Waals surface area contributed by atoms with Gasteiger partial charge in [0.2, 0.25) is 0 Å². The van der Waals surface area contributed by atoms with Crippen LogP contribution in [0.25, 0.3) is 0 Å². The number of carboxylic acids is 1. The highest BCUT2D eigenvalue weighted by molar-refractivity contribution is 6.09. The van der Waals surface area contributed by atoms with Gasteiger partial charge in [-0.2, -0.15) is 13.2 Å². The number of alkyl halides is 4. The molecule has 0 aliphatic carbocycles. The maximum atomic E-state index is 14.2. The summed E-state index contributed by atoms with van der Waals surface area (Å²) in [4.78, 5) is 23.0. The van der Waals surface area contributed by atoms with Crippen molar-refractivity contribution in [3.8, 4) is 0 Å². The van der Waals surface area contributed by atoms with Crippen molar-refractivity contribution in [2.45, 2.75) is 11.8 Å². The lowest BCUT2D eigenvalue weighted by atomic mass is 9.92. The second-order valence-corrected chi connectivity index (χ2v) is 4.74. The van der Waals surface area contributed by atoms with Crippen LogP contribution in [0.2, 0.25) is 0 Å². The van der Waals surface area contributed by atoms with Gasteiger partial charge in [0, 0.05) is 16.7 Å². The Hall–Kier alpha value is -2.70. The second-order valence-electron chi connectivity index (χ2n) is 4.74. The van der Waals surface area contributed by atoms with Crippen molar-refractivity contribution in [2.24, 2.45) is 0 Å². The number of aliphatic carboxylic acids is 1. The Labute approximate surface area is 128 Å². The average Bonchev–Trinajstić information content (AvgIpc) is 2.53. The van der Waals surface area contributed by atoms with Crippen LogP contribution in [0.4, 0.5) is 17.6 Å². The lowest BCUT2D eigenvalue weighted by Crippen LogP contribution is -2.45. The fraction of sp³-hybridized carbons (Fsp3) is 0.125. The Kier molecular flexibility index (Phi) is 4.22. The Balaban J connectivity index is 2.52. The van der Waals surface area contributed by atoms with Gasteiger partial charge in [0.05, 0.1) is 0 Å². The Morgan fingerprint density at radius 2 is 1.39 bits per heavy atom. The van der Waals surface area contributed by atoms with Gasteiger partial charge in [-0.3, -0.25) is 4.79 Å². The van der Waals surface area contributed by atoms with Gasteiger partial charge in [-0.25, -0.2) is 9.18 Å². The number of carbonyl (C=O) groups excluding carboxylic acids is 1. The Morgan fingerprint density at radius 1 is 0.826 bits per heavy atom. The molecule has 2 aromatic rings. The molecule has 2 aromatic carbocycles. The first-order chi connectivity index (χ1) is 10.7. The number of hydrogen-bond acceptors (Lipinski definition) is 2. The van der Waals surface area contributed by atoms with Gasteiger partial charge in [-0.15, -0.1) is 0 Å². The van der Waals surface area contributed by atoms with E-state index in [1.807, 2.05) is 0 Å². The van der Waals surface area contributed by atoms with Crippen molar-refractivity contribution in [3.63, 3.8) is 0 Å². The van der Waals surface area contributed by atoms with Gasteiger partial charge in [0.1, 0.15) is 0 Å². The van der Waals surface area contributed by atoms with Crippen molar-refractivity contribution >= 4 is 11.8 Å². The lowest BCUT2D eigenvalue weighted by Gasteiger charge is -2.24. The first kappa shape index (κ1) is 16.7. The van der Waals surface area contributed by atoms with Crippen molar-refractivity contribution in [1.82, 2.24) is 0 Å². The molecule has 1 N–H and O–H groups in total. The van der Waals surface area contributed by atoms with Crippen molar-refractivity contribution in [2.75, 3.05) is 0 Å². The van der Waals surface area contributed by atoms with E-state index in [-0.39, 0.29) is 11.1 Å². The van der Waals surface area contributed by atoms with E-state index in [4.69, 9.17) is 5.11 Å². The Morgan fingerprint density at radius 3 is 1.91 bits per heavy atom. The molecule has 0 fully saturated rings. The van der Waals surface area contributed by atoms with E-state index in [2.05, 4.69) is 0 Å². The quantitative estimate of drug-likeness (QED) is 0.688. The van der Waals surface area contributed by atoms with Gasteiger partial charge >= 0.3 is 17.8 Å². The van der Waals surface area contributed by atoms with Gasteiger partial charge in [-0.1, -0.05) is 48.5 Å². The van der Waals surface area contributed by atoms with Crippen LogP contribution in [0, 0.1) is 0 Å². The molecule has 120 valence electrons. The van der Waals surface area contributed by atoms with Gasteiger partial charge in [-0.05, 0) is 6.07 Å². The molecule has 0 aliphatic rings. The summed E-state index contributed by atoms with van der Waals surface area (Å²) in [5, 5.41) is 8.69. The first-order valence-corrected chi connectivity index (χ1v) is 6.37. The van der Waals surface area contributed by atoms with E-state index in [0.29, 0.717) is 12.1 Å². The zero-order valence-electron chi connectivity index (χ0n) is 11.5. The number of benzene rings is 2. The van der Waals surface area contributed by atoms with E-state index < -0.39 is 29.2 Å². The van der Waals surface area contributed by atoms with E-state index in [1.165, 1.54) is 18.2 Å². The highest BCUT2D eigenvalue weighted by atomic mass is 19.4.